The molecule has 5 heteroatoms. The summed E-state index contributed by atoms with van der Waals surface area (Å²) in [5, 5.41) is 9.58. The van der Waals surface area contributed by atoms with Gasteiger partial charge in [-0.25, -0.2) is 0 Å². The predicted molar refractivity (Wildman–Crippen MR) is 104 cm³/mol. The molecule has 0 saturated heterocycles. The zero-order valence-electron chi connectivity index (χ0n) is 15.6. The number of aliphatic hydroxyl groups excluding tert-OH is 1. The number of hydrogen-bond donors (Lipinski definition) is 2. The molecule has 25 heavy (non-hydrogen) atoms. The van der Waals surface area contributed by atoms with Crippen molar-refractivity contribution in [2.75, 3.05) is 5.75 Å². The molecule has 0 aromatic heterocycles. The lowest BCUT2D eigenvalue weighted by atomic mass is 10.1. The maximum absolute atomic E-state index is 10.5. The molecule has 1 atom stereocenters. The van der Waals surface area contributed by atoms with Crippen molar-refractivity contribution in [1.82, 2.24) is 0 Å². The molecule has 0 unspecified atom stereocenters. The van der Waals surface area contributed by atoms with Crippen LogP contribution in [-0.4, -0.2) is 29.9 Å². The van der Waals surface area contributed by atoms with Gasteiger partial charge >= 0.3 is 0 Å². The van der Waals surface area contributed by atoms with Gasteiger partial charge in [0.2, 0.25) is 0 Å². The van der Waals surface area contributed by atoms with E-state index < -0.39 is 16.2 Å². The average Bonchev–Trinajstić information content (AvgIpc) is 2.55. The largest absolute Gasteiger partial charge is 0.380 e. The van der Waals surface area contributed by atoms with Crippen LogP contribution in [0.1, 0.15) is 90.4 Å². The van der Waals surface area contributed by atoms with E-state index in [9.17, 15) is 13.5 Å². The molecule has 0 spiro atoms. The van der Waals surface area contributed by atoms with Gasteiger partial charge in [0.1, 0.15) is 6.10 Å². The first-order valence-corrected chi connectivity index (χ1v) is 11.1. The van der Waals surface area contributed by atoms with Gasteiger partial charge in [-0.1, -0.05) is 44.9 Å². The summed E-state index contributed by atoms with van der Waals surface area (Å²) in [5.41, 5.74) is 0. The van der Waals surface area contributed by atoms with Crippen LogP contribution in [0.15, 0.2) is 0 Å². The van der Waals surface area contributed by atoms with E-state index in [-0.39, 0.29) is 5.75 Å². The molecule has 4 nitrogen and oxygen atoms in total. The second-order valence-electron chi connectivity index (χ2n) is 6.34. The van der Waals surface area contributed by atoms with Crippen molar-refractivity contribution in [3.05, 3.63) is 0 Å². The quantitative estimate of drug-likeness (QED) is 0.287. The Hall–Kier alpha value is -1.01. The fourth-order valence-electron chi connectivity index (χ4n) is 2.29. The van der Waals surface area contributed by atoms with E-state index in [0.29, 0.717) is 19.3 Å². The van der Waals surface area contributed by atoms with Crippen molar-refractivity contribution in [2.45, 2.75) is 96.5 Å². The highest BCUT2D eigenvalue weighted by Crippen LogP contribution is 2.07. The van der Waals surface area contributed by atoms with E-state index in [4.69, 9.17) is 4.55 Å². The van der Waals surface area contributed by atoms with Crippen molar-refractivity contribution in [1.29, 1.82) is 0 Å². The van der Waals surface area contributed by atoms with Crippen LogP contribution in [0.3, 0.4) is 0 Å². The first-order valence-electron chi connectivity index (χ1n) is 9.53. The number of rotatable bonds is 13. The summed E-state index contributed by atoms with van der Waals surface area (Å²) in [6.45, 7) is 2.11. The zero-order valence-corrected chi connectivity index (χ0v) is 16.4. The lowest BCUT2D eigenvalue weighted by Gasteiger charge is -2.00. The molecule has 0 heterocycles. The Labute approximate surface area is 154 Å². The Bertz CT molecular complexity index is 532. The minimum absolute atomic E-state index is 0.170. The average molecular weight is 371 g/mol. The van der Waals surface area contributed by atoms with Crippen molar-refractivity contribution >= 4 is 10.1 Å². The Morgan fingerprint density at radius 1 is 0.800 bits per heavy atom. The fraction of sp³-hybridized carbons (Fsp3) is 0.800. The van der Waals surface area contributed by atoms with E-state index in [1.54, 1.807) is 0 Å². The molecule has 0 aliphatic heterocycles. The van der Waals surface area contributed by atoms with E-state index in [0.717, 1.165) is 44.9 Å². The summed E-state index contributed by atoms with van der Waals surface area (Å²) in [6.07, 6.45) is 11.8. The van der Waals surface area contributed by atoms with Gasteiger partial charge in [0.15, 0.2) is 0 Å². The molecule has 0 bridgehead atoms. The summed E-state index contributed by atoms with van der Waals surface area (Å²) in [5.74, 6) is 12.0. The summed E-state index contributed by atoms with van der Waals surface area (Å²) in [6, 6.07) is 0. The van der Waals surface area contributed by atoms with Crippen LogP contribution in [0.4, 0.5) is 0 Å². The Balaban J connectivity index is 3.37. The third-order valence-corrected chi connectivity index (χ3v) is 4.59. The second-order valence-corrected chi connectivity index (χ2v) is 7.92. The molecular weight excluding hydrogens is 336 g/mol. The fourth-order valence-corrected chi connectivity index (χ4v) is 2.86. The normalized spacial score (nSPS) is 12.0. The molecule has 0 amide bonds. The smallest absolute Gasteiger partial charge is 0.264 e. The van der Waals surface area contributed by atoms with Gasteiger partial charge in [-0.05, 0) is 32.1 Å². The summed E-state index contributed by atoms with van der Waals surface area (Å²) >= 11 is 0. The van der Waals surface area contributed by atoms with Crippen molar-refractivity contribution < 1.29 is 18.1 Å². The van der Waals surface area contributed by atoms with Gasteiger partial charge in [0.05, 0.1) is 5.75 Å². The highest BCUT2D eigenvalue weighted by molar-refractivity contribution is 7.85. The highest BCUT2D eigenvalue weighted by Gasteiger charge is 2.02. The maximum Gasteiger partial charge on any atom is 0.264 e. The van der Waals surface area contributed by atoms with E-state index >= 15 is 0 Å². The molecule has 0 saturated carbocycles. The summed E-state index contributed by atoms with van der Waals surface area (Å²) in [7, 11) is -3.82. The molecule has 0 aliphatic rings. The number of aliphatic hydroxyl groups is 1. The molecule has 144 valence electrons. The summed E-state index contributed by atoms with van der Waals surface area (Å²) in [4.78, 5) is 0. The number of hydrogen-bond acceptors (Lipinski definition) is 3. The first-order chi connectivity index (χ1) is 12.0. The molecule has 0 fully saturated rings. The van der Waals surface area contributed by atoms with Crippen molar-refractivity contribution in [3.63, 3.8) is 0 Å². The van der Waals surface area contributed by atoms with Crippen LogP contribution in [0.5, 0.6) is 0 Å². The minimum Gasteiger partial charge on any atom is -0.380 e. The van der Waals surface area contributed by atoms with Crippen molar-refractivity contribution in [2.24, 2.45) is 0 Å². The van der Waals surface area contributed by atoms with Gasteiger partial charge in [-0.15, -0.1) is 17.8 Å². The predicted octanol–water partition coefficient (Wildman–Crippen LogP) is 4.33. The van der Waals surface area contributed by atoms with Crippen LogP contribution in [0.2, 0.25) is 0 Å². The van der Waals surface area contributed by atoms with Gasteiger partial charge in [0.25, 0.3) is 10.1 Å². The lowest BCUT2D eigenvalue weighted by Crippen LogP contribution is -2.02. The Morgan fingerprint density at radius 2 is 1.32 bits per heavy atom. The van der Waals surface area contributed by atoms with Gasteiger partial charge in [0, 0.05) is 19.3 Å². The molecular formula is C20H34O4S. The molecule has 0 aromatic carbocycles. The van der Waals surface area contributed by atoms with Crippen LogP contribution >= 0.6 is 0 Å². The SMILES string of the molecule is CCCC[C@@H](O)C#CCCCCCCCC#CCCCCS(=O)(=O)O. The van der Waals surface area contributed by atoms with E-state index in [1.807, 2.05) is 0 Å². The molecule has 0 rings (SSSR count). The van der Waals surface area contributed by atoms with Gasteiger partial charge in [-0.2, -0.15) is 8.42 Å². The molecule has 0 radical (unpaired) electrons. The van der Waals surface area contributed by atoms with Crippen LogP contribution < -0.4 is 0 Å². The second kappa shape index (κ2) is 16.5. The lowest BCUT2D eigenvalue weighted by molar-refractivity contribution is 0.218. The van der Waals surface area contributed by atoms with E-state index in [1.165, 1.54) is 19.3 Å². The monoisotopic (exact) mass is 370 g/mol. The van der Waals surface area contributed by atoms with Crippen LogP contribution in [0.25, 0.3) is 0 Å². The summed E-state index contributed by atoms with van der Waals surface area (Å²) < 4.78 is 29.6. The van der Waals surface area contributed by atoms with Crippen LogP contribution in [-0.2, 0) is 10.1 Å². The number of unbranched alkanes of at least 4 members (excludes halogenated alkanes) is 9. The minimum atomic E-state index is -3.82. The van der Waals surface area contributed by atoms with Crippen molar-refractivity contribution in [3.8, 4) is 23.7 Å². The zero-order chi connectivity index (χ0) is 18.8. The standard InChI is InChI=1S/C20H34O4S/c1-2-3-17-20(21)18-15-13-11-9-7-5-4-6-8-10-12-14-16-19-25(22,23)24/h20-21H,2-7,9,11-14,16-17,19H2,1H3,(H,22,23,24)/t20-/m1/s1. The molecule has 0 aliphatic carbocycles. The third kappa shape index (κ3) is 20.9. The van der Waals surface area contributed by atoms with Crippen LogP contribution in [0, 0.1) is 23.7 Å². The topological polar surface area (TPSA) is 74.6 Å². The van der Waals surface area contributed by atoms with Gasteiger partial charge < -0.3 is 5.11 Å². The first kappa shape index (κ1) is 24.0. The highest BCUT2D eigenvalue weighted by atomic mass is 32.2. The third-order valence-electron chi connectivity index (χ3n) is 3.78. The Morgan fingerprint density at radius 3 is 1.88 bits per heavy atom. The molecule has 2 N–H and O–H groups in total. The van der Waals surface area contributed by atoms with E-state index in [2.05, 4.69) is 30.6 Å². The Kier molecular flexibility index (Phi) is 15.8. The maximum atomic E-state index is 10.5. The van der Waals surface area contributed by atoms with Gasteiger partial charge in [-0.3, -0.25) is 4.55 Å². The molecule has 0 aromatic rings.